The van der Waals surface area contributed by atoms with E-state index in [0.717, 1.165) is 4.47 Å². The van der Waals surface area contributed by atoms with Crippen molar-refractivity contribution < 1.29 is 4.42 Å². The van der Waals surface area contributed by atoms with Gasteiger partial charge in [0, 0.05) is 23.0 Å². The zero-order chi connectivity index (χ0) is 15.0. The van der Waals surface area contributed by atoms with Gasteiger partial charge in [-0.2, -0.15) is 5.26 Å². The Kier molecular flexibility index (Phi) is 3.31. The first-order valence-corrected chi connectivity index (χ1v) is 6.89. The van der Waals surface area contributed by atoms with Gasteiger partial charge in [0.05, 0.1) is 5.52 Å². The molecule has 0 aliphatic carbocycles. The molecule has 0 saturated carbocycles. The van der Waals surface area contributed by atoms with Crippen LogP contribution in [0.3, 0.4) is 0 Å². The van der Waals surface area contributed by atoms with E-state index in [0.29, 0.717) is 29.2 Å². The molecule has 0 saturated heterocycles. The molecule has 2 heterocycles. The van der Waals surface area contributed by atoms with E-state index in [1.807, 2.05) is 18.2 Å². The number of fused-ring (bicyclic) bond motifs is 1. The molecule has 0 fully saturated rings. The third-order valence-electron chi connectivity index (χ3n) is 3.04. The number of aryl methyl sites for hydroxylation is 1. The molecular formula is C14H9BrN4O2. The third-order valence-corrected chi connectivity index (χ3v) is 3.53. The molecule has 6 nitrogen and oxygen atoms in total. The SMILES string of the molecule is Cc1nnc(Cn2cc(C#N)c(=O)c3cc(Br)ccc32)o1. The van der Waals surface area contributed by atoms with Crippen LogP contribution in [0.2, 0.25) is 0 Å². The largest absolute Gasteiger partial charge is 0.424 e. The molecule has 0 N–H and O–H groups in total. The predicted octanol–water partition coefficient (Wildman–Crippen LogP) is 2.38. The van der Waals surface area contributed by atoms with Crippen molar-refractivity contribution in [2.24, 2.45) is 0 Å². The van der Waals surface area contributed by atoms with Gasteiger partial charge in [-0.25, -0.2) is 0 Å². The predicted molar refractivity (Wildman–Crippen MR) is 78.8 cm³/mol. The first kappa shape index (κ1) is 13.5. The van der Waals surface area contributed by atoms with Crippen molar-refractivity contribution in [3.8, 4) is 6.07 Å². The zero-order valence-electron chi connectivity index (χ0n) is 11.0. The van der Waals surface area contributed by atoms with Gasteiger partial charge in [-0.05, 0) is 18.2 Å². The van der Waals surface area contributed by atoms with Crippen molar-refractivity contribution in [2.75, 3.05) is 0 Å². The average Bonchev–Trinajstić information content (AvgIpc) is 2.87. The van der Waals surface area contributed by atoms with Gasteiger partial charge in [-0.15, -0.1) is 10.2 Å². The lowest BCUT2D eigenvalue weighted by Crippen LogP contribution is -2.13. The maximum Gasteiger partial charge on any atom is 0.236 e. The maximum absolute atomic E-state index is 12.2. The van der Waals surface area contributed by atoms with E-state index >= 15 is 0 Å². The smallest absolute Gasteiger partial charge is 0.236 e. The number of rotatable bonds is 2. The maximum atomic E-state index is 12.2. The second-order valence-electron chi connectivity index (χ2n) is 4.49. The molecule has 0 aliphatic rings. The summed E-state index contributed by atoms with van der Waals surface area (Å²) in [6.45, 7) is 2.01. The molecule has 2 aromatic heterocycles. The normalized spacial score (nSPS) is 10.7. The number of nitriles is 1. The summed E-state index contributed by atoms with van der Waals surface area (Å²) in [5.74, 6) is 0.892. The lowest BCUT2D eigenvalue weighted by molar-refractivity contribution is 0.456. The first-order valence-electron chi connectivity index (χ1n) is 6.10. The minimum Gasteiger partial charge on any atom is -0.424 e. The summed E-state index contributed by atoms with van der Waals surface area (Å²) in [6.07, 6.45) is 1.51. The van der Waals surface area contributed by atoms with Gasteiger partial charge in [0.25, 0.3) is 0 Å². The van der Waals surface area contributed by atoms with Gasteiger partial charge >= 0.3 is 0 Å². The van der Waals surface area contributed by atoms with Crippen LogP contribution in [0.4, 0.5) is 0 Å². The van der Waals surface area contributed by atoms with E-state index in [-0.39, 0.29) is 11.0 Å². The fourth-order valence-corrected chi connectivity index (χ4v) is 2.49. The van der Waals surface area contributed by atoms with Crippen LogP contribution in [0.25, 0.3) is 10.9 Å². The summed E-state index contributed by atoms with van der Waals surface area (Å²) in [5, 5.41) is 17.3. The topological polar surface area (TPSA) is 84.7 Å². The Morgan fingerprint density at radius 2 is 2.24 bits per heavy atom. The Morgan fingerprint density at radius 1 is 1.43 bits per heavy atom. The highest BCUT2D eigenvalue weighted by molar-refractivity contribution is 9.10. The molecule has 0 unspecified atom stereocenters. The lowest BCUT2D eigenvalue weighted by Gasteiger charge is -2.09. The zero-order valence-corrected chi connectivity index (χ0v) is 12.6. The molecule has 0 spiro atoms. The number of nitrogens with zero attached hydrogens (tertiary/aromatic N) is 4. The third kappa shape index (κ3) is 2.45. The molecule has 3 aromatic rings. The van der Waals surface area contributed by atoms with Crippen LogP contribution in [-0.4, -0.2) is 14.8 Å². The monoisotopic (exact) mass is 344 g/mol. The quantitative estimate of drug-likeness (QED) is 0.712. The minimum atomic E-state index is -0.285. The van der Waals surface area contributed by atoms with E-state index < -0.39 is 0 Å². The lowest BCUT2D eigenvalue weighted by atomic mass is 10.1. The van der Waals surface area contributed by atoms with Gasteiger partial charge in [0.1, 0.15) is 18.2 Å². The molecule has 0 amide bonds. The van der Waals surface area contributed by atoms with Crippen molar-refractivity contribution in [1.82, 2.24) is 14.8 Å². The summed E-state index contributed by atoms with van der Waals surface area (Å²) < 4.78 is 7.89. The Bertz CT molecular complexity index is 936. The highest BCUT2D eigenvalue weighted by Gasteiger charge is 2.11. The molecule has 0 bridgehead atoms. The molecular weight excluding hydrogens is 336 g/mol. The first-order chi connectivity index (χ1) is 10.1. The van der Waals surface area contributed by atoms with Crippen molar-refractivity contribution in [2.45, 2.75) is 13.5 Å². The summed E-state index contributed by atoms with van der Waals surface area (Å²) in [7, 11) is 0. The second-order valence-corrected chi connectivity index (χ2v) is 5.40. The fourth-order valence-electron chi connectivity index (χ4n) is 2.13. The van der Waals surface area contributed by atoms with Crippen LogP contribution in [0.15, 0.2) is 38.1 Å². The van der Waals surface area contributed by atoms with E-state index in [9.17, 15) is 4.79 Å². The van der Waals surface area contributed by atoms with Crippen LogP contribution in [0.1, 0.15) is 17.3 Å². The second kappa shape index (κ2) is 5.14. The van der Waals surface area contributed by atoms with Gasteiger partial charge in [-0.1, -0.05) is 15.9 Å². The molecule has 0 atom stereocenters. The summed E-state index contributed by atoms with van der Waals surface area (Å²) in [5.41, 5.74) is 0.502. The molecule has 21 heavy (non-hydrogen) atoms. The highest BCUT2D eigenvalue weighted by Crippen LogP contribution is 2.19. The average molecular weight is 345 g/mol. The summed E-state index contributed by atoms with van der Waals surface area (Å²) >= 11 is 3.34. The standard InChI is InChI=1S/C14H9BrN4O2/c1-8-17-18-13(21-8)7-19-6-9(5-16)14(20)11-4-10(15)2-3-12(11)19/h2-4,6H,7H2,1H3. The van der Waals surface area contributed by atoms with Gasteiger partial charge in [0.15, 0.2) is 0 Å². The molecule has 0 radical (unpaired) electrons. The van der Waals surface area contributed by atoms with E-state index in [2.05, 4.69) is 26.1 Å². The highest BCUT2D eigenvalue weighted by atomic mass is 79.9. The summed E-state index contributed by atoms with van der Waals surface area (Å²) in [4.78, 5) is 12.2. The number of pyridine rings is 1. The van der Waals surface area contributed by atoms with Crippen molar-refractivity contribution in [3.05, 3.63) is 56.4 Å². The van der Waals surface area contributed by atoms with Crippen LogP contribution < -0.4 is 5.43 Å². The molecule has 3 rings (SSSR count). The number of halogens is 1. The van der Waals surface area contributed by atoms with Crippen LogP contribution in [0, 0.1) is 18.3 Å². The Balaban J connectivity index is 2.24. The number of benzene rings is 1. The molecule has 7 heteroatoms. The van der Waals surface area contributed by atoms with Gasteiger partial charge in [0.2, 0.25) is 17.2 Å². The van der Waals surface area contributed by atoms with Crippen LogP contribution in [0.5, 0.6) is 0 Å². The van der Waals surface area contributed by atoms with Crippen LogP contribution >= 0.6 is 15.9 Å². The Morgan fingerprint density at radius 3 is 2.90 bits per heavy atom. The van der Waals surface area contributed by atoms with Crippen LogP contribution in [-0.2, 0) is 6.54 Å². The van der Waals surface area contributed by atoms with Crippen molar-refractivity contribution in [1.29, 1.82) is 5.26 Å². The van der Waals surface area contributed by atoms with E-state index in [1.165, 1.54) is 6.20 Å². The molecule has 104 valence electrons. The van der Waals surface area contributed by atoms with E-state index in [1.54, 1.807) is 17.6 Å². The fraction of sp³-hybridized carbons (Fsp3) is 0.143. The van der Waals surface area contributed by atoms with E-state index in [4.69, 9.17) is 9.68 Å². The molecule has 0 aliphatic heterocycles. The van der Waals surface area contributed by atoms with Crippen molar-refractivity contribution in [3.63, 3.8) is 0 Å². The summed E-state index contributed by atoms with van der Waals surface area (Å²) in [6, 6.07) is 7.27. The Labute approximate surface area is 127 Å². The van der Waals surface area contributed by atoms with Crippen molar-refractivity contribution >= 4 is 26.8 Å². The van der Waals surface area contributed by atoms with Gasteiger partial charge in [-0.3, -0.25) is 4.79 Å². The minimum absolute atomic E-state index is 0.0804. The number of aromatic nitrogens is 3. The number of hydrogen-bond acceptors (Lipinski definition) is 5. The van der Waals surface area contributed by atoms with Gasteiger partial charge < -0.3 is 8.98 Å². The number of hydrogen-bond donors (Lipinski definition) is 0. The Hall–Kier alpha value is -2.46. The molecule has 1 aromatic carbocycles.